The lowest BCUT2D eigenvalue weighted by Gasteiger charge is -2.27. The summed E-state index contributed by atoms with van der Waals surface area (Å²) >= 11 is 0. The smallest absolute Gasteiger partial charge is 0.342 e. The monoisotopic (exact) mass is 653 g/mol. The average Bonchev–Trinajstić information content (AvgIpc) is 3.66. The molecule has 0 radical (unpaired) electrons. The second-order valence-corrected chi connectivity index (χ2v) is 12.6. The van der Waals surface area contributed by atoms with Crippen LogP contribution < -0.4 is 15.9 Å². The average molecular weight is 654 g/mol. The Morgan fingerprint density at radius 1 is 0.978 bits per heavy atom. The normalized spacial score (nSPS) is 19.5. The number of aromatic nitrogens is 4. The van der Waals surface area contributed by atoms with Crippen molar-refractivity contribution in [1.29, 1.82) is 0 Å². The van der Waals surface area contributed by atoms with E-state index < -0.39 is 50.1 Å². The number of nitrogens with zero attached hydrogens (tertiary/aromatic N) is 4. The second kappa shape index (κ2) is 14.9. The van der Waals surface area contributed by atoms with Crippen LogP contribution in [0.1, 0.15) is 37.6 Å². The highest BCUT2D eigenvalue weighted by molar-refractivity contribution is 7.54. The third-order valence-electron chi connectivity index (χ3n) is 7.15. The maximum absolute atomic E-state index is 14.1. The van der Waals surface area contributed by atoms with Crippen LogP contribution >= 0.6 is 7.67 Å². The van der Waals surface area contributed by atoms with Gasteiger partial charge in [0.25, 0.3) is 0 Å². The molecule has 4 aromatic rings. The topological polar surface area (TPSA) is 202 Å². The Morgan fingerprint density at radius 2 is 1.54 bits per heavy atom. The number of esters is 2. The number of fused-ring (bicyclic) bond motifs is 1. The molecule has 0 bridgehead atoms. The molecule has 244 valence electrons. The van der Waals surface area contributed by atoms with Gasteiger partial charge in [-0.15, -0.1) is 0 Å². The van der Waals surface area contributed by atoms with Gasteiger partial charge in [-0.05, 0) is 25.0 Å². The van der Waals surface area contributed by atoms with Crippen molar-refractivity contribution in [2.75, 3.05) is 12.3 Å². The van der Waals surface area contributed by atoms with Gasteiger partial charge in [0.15, 0.2) is 17.7 Å². The molecule has 1 saturated heterocycles. The van der Waals surface area contributed by atoms with Gasteiger partial charge in [-0.3, -0.25) is 18.7 Å². The van der Waals surface area contributed by atoms with E-state index in [0.29, 0.717) is 11.2 Å². The summed E-state index contributed by atoms with van der Waals surface area (Å²) < 4.78 is 38.3. The Kier molecular flexibility index (Phi) is 10.7. The van der Waals surface area contributed by atoms with Crippen molar-refractivity contribution >= 4 is 36.6 Å². The lowest BCUT2D eigenvalue weighted by molar-refractivity contribution is -0.147. The molecule has 1 aliphatic heterocycles. The number of rotatable bonds is 14. The van der Waals surface area contributed by atoms with E-state index in [4.69, 9.17) is 24.5 Å². The lowest BCUT2D eigenvalue weighted by Crippen LogP contribution is -2.42. The summed E-state index contributed by atoms with van der Waals surface area (Å²) in [5.41, 5.74) is 8.17. The van der Waals surface area contributed by atoms with Crippen LogP contribution in [0.3, 0.4) is 0 Å². The van der Waals surface area contributed by atoms with E-state index in [-0.39, 0.29) is 32.1 Å². The van der Waals surface area contributed by atoms with Crippen molar-refractivity contribution in [1.82, 2.24) is 29.7 Å². The Labute approximate surface area is 265 Å². The molecule has 2 aromatic carbocycles. The van der Waals surface area contributed by atoms with Crippen molar-refractivity contribution in [3.8, 4) is 0 Å². The fraction of sp³-hybridized carbons (Fsp3) is 0.367. The SMILES string of the molecule is C[C@H](NP(=O)(N[C@@H](C)C(=O)OCc1ccccc1)OC[C@@H]1C[C@@H](O)[C@H](n2cnc3c(N)ncnc32)O1)C(=O)OCc1ccccc1. The molecule has 1 aliphatic rings. The largest absolute Gasteiger partial charge is 0.460 e. The number of hydrogen-bond acceptors (Lipinski definition) is 12. The molecular formula is C30H36N7O8P. The highest BCUT2D eigenvalue weighted by Gasteiger charge is 2.39. The summed E-state index contributed by atoms with van der Waals surface area (Å²) in [6, 6.07) is 16.0. The molecule has 0 saturated carbocycles. The number of ether oxygens (including phenoxy) is 3. The summed E-state index contributed by atoms with van der Waals surface area (Å²) in [6.45, 7) is 2.69. The maximum atomic E-state index is 14.1. The van der Waals surface area contributed by atoms with Gasteiger partial charge < -0.3 is 29.6 Å². The zero-order valence-corrected chi connectivity index (χ0v) is 26.2. The Balaban J connectivity index is 1.24. The number of anilines is 1. The fourth-order valence-electron chi connectivity index (χ4n) is 4.77. The highest BCUT2D eigenvalue weighted by Crippen LogP contribution is 2.41. The van der Waals surface area contributed by atoms with E-state index in [9.17, 15) is 19.3 Å². The first-order chi connectivity index (χ1) is 22.1. The van der Waals surface area contributed by atoms with Gasteiger partial charge in [0.1, 0.15) is 43.2 Å². The molecule has 5 rings (SSSR count). The number of imidazole rings is 1. The molecule has 3 heterocycles. The lowest BCUT2D eigenvalue weighted by atomic mass is 10.2. The van der Waals surface area contributed by atoms with Crippen LogP contribution in [-0.4, -0.2) is 67.5 Å². The molecule has 2 aromatic heterocycles. The number of carbonyl (C=O) groups excluding carboxylic acids is 2. The predicted octanol–water partition coefficient (Wildman–Crippen LogP) is 2.62. The Hall–Kier alpha value is -4.24. The standard InChI is InChI=1S/C30H36N7O8P/c1-19(29(39)42-14-21-9-5-3-6-10-21)35-46(41,36-20(2)30(40)43-15-22-11-7-4-8-12-22)44-16-23-13-24(38)28(45-23)37-18-34-25-26(31)32-17-33-27(25)37/h3-12,17-20,23-24,28,38H,13-16H2,1-2H3,(H2,31,32,33)(H2,35,36,41)/t19-,20-,23-,24+,28+/m0/s1. The molecule has 15 nitrogen and oxygen atoms in total. The van der Waals surface area contributed by atoms with Gasteiger partial charge in [-0.1, -0.05) is 60.7 Å². The minimum absolute atomic E-state index is 0.0151. The third kappa shape index (κ3) is 8.31. The first kappa shape index (κ1) is 33.1. The zero-order valence-electron chi connectivity index (χ0n) is 25.3. The number of aliphatic hydroxyl groups excluding tert-OH is 1. The van der Waals surface area contributed by atoms with Crippen LogP contribution in [0.25, 0.3) is 11.2 Å². The van der Waals surface area contributed by atoms with Gasteiger partial charge in [0, 0.05) is 6.42 Å². The quantitative estimate of drug-likeness (QED) is 0.114. The molecule has 0 aliphatic carbocycles. The number of nitrogens with two attached hydrogens (primary N) is 1. The van der Waals surface area contributed by atoms with Gasteiger partial charge in [0.05, 0.1) is 19.0 Å². The number of benzene rings is 2. The molecule has 0 unspecified atom stereocenters. The van der Waals surface area contributed by atoms with Gasteiger partial charge in [-0.25, -0.2) is 25.1 Å². The van der Waals surface area contributed by atoms with Crippen LogP contribution in [0.5, 0.6) is 0 Å². The molecule has 5 atom stereocenters. The molecule has 0 spiro atoms. The minimum atomic E-state index is -4.15. The van der Waals surface area contributed by atoms with Crippen LogP contribution in [0.2, 0.25) is 0 Å². The predicted molar refractivity (Wildman–Crippen MR) is 165 cm³/mol. The molecular weight excluding hydrogens is 617 g/mol. The van der Waals surface area contributed by atoms with Crippen molar-refractivity contribution in [2.45, 2.75) is 64.0 Å². The van der Waals surface area contributed by atoms with Gasteiger partial charge in [-0.2, -0.15) is 0 Å². The highest BCUT2D eigenvalue weighted by atomic mass is 31.2. The maximum Gasteiger partial charge on any atom is 0.342 e. The van der Waals surface area contributed by atoms with E-state index in [0.717, 1.165) is 11.1 Å². The molecule has 16 heteroatoms. The van der Waals surface area contributed by atoms with E-state index in [1.807, 2.05) is 36.4 Å². The summed E-state index contributed by atoms with van der Waals surface area (Å²) in [4.78, 5) is 38.0. The zero-order chi connectivity index (χ0) is 32.7. The number of aliphatic hydroxyl groups is 1. The van der Waals surface area contributed by atoms with Crippen LogP contribution in [-0.2, 0) is 46.1 Å². The fourth-order valence-corrected chi connectivity index (χ4v) is 6.60. The van der Waals surface area contributed by atoms with Gasteiger partial charge in [0.2, 0.25) is 0 Å². The molecule has 1 fully saturated rings. The van der Waals surface area contributed by atoms with E-state index in [1.54, 1.807) is 24.3 Å². The summed E-state index contributed by atoms with van der Waals surface area (Å²) in [7, 11) is -4.15. The van der Waals surface area contributed by atoms with E-state index in [2.05, 4.69) is 25.1 Å². The van der Waals surface area contributed by atoms with Crippen molar-refractivity contribution in [2.24, 2.45) is 0 Å². The third-order valence-corrected chi connectivity index (χ3v) is 9.12. The second-order valence-electron chi connectivity index (χ2n) is 10.8. The number of hydrogen-bond donors (Lipinski definition) is 4. The van der Waals surface area contributed by atoms with Gasteiger partial charge >= 0.3 is 19.6 Å². The first-order valence-electron chi connectivity index (χ1n) is 14.6. The van der Waals surface area contributed by atoms with E-state index in [1.165, 1.54) is 31.1 Å². The number of nitrogens with one attached hydrogen (secondary N) is 2. The molecule has 5 N–H and O–H groups in total. The Morgan fingerprint density at radius 3 is 2.11 bits per heavy atom. The minimum Gasteiger partial charge on any atom is -0.460 e. The summed E-state index contributed by atoms with van der Waals surface area (Å²) in [5.74, 6) is -1.19. The first-order valence-corrected chi connectivity index (χ1v) is 16.2. The van der Waals surface area contributed by atoms with Crippen molar-refractivity contribution in [3.63, 3.8) is 0 Å². The summed E-state index contributed by atoms with van der Waals surface area (Å²) in [5, 5.41) is 16.1. The van der Waals surface area contributed by atoms with Crippen molar-refractivity contribution in [3.05, 3.63) is 84.4 Å². The molecule has 46 heavy (non-hydrogen) atoms. The van der Waals surface area contributed by atoms with Crippen LogP contribution in [0.15, 0.2) is 73.3 Å². The number of nitrogen functional groups attached to an aromatic ring is 1. The number of carbonyl (C=O) groups is 2. The van der Waals surface area contributed by atoms with Crippen LogP contribution in [0.4, 0.5) is 5.82 Å². The Bertz CT molecular complexity index is 1610. The summed E-state index contributed by atoms with van der Waals surface area (Å²) in [6.07, 6.45) is 0.242. The van der Waals surface area contributed by atoms with Crippen LogP contribution in [0, 0.1) is 0 Å². The molecule has 0 amide bonds. The van der Waals surface area contributed by atoms with Crippen molar-refractivity contribution < 1.29 is 38.0 Å². The van der Waals surface area contributed by atoms with E-state index >= 15 is 0 Å².